The van der Waals surface area contributed by atoms with Crippen molar-refractivity contribution in [2.24, 2.45) is 0 Å². The Hall–Kier alpha value is -2.56. The molecule has 0 bridgehead atoms. The van der Waals surface area contributed by atoms with Crippen LogP contribution in [0.15, 0.2) is 36.4 Å². The molecular formula is C19H20FNO3. The van der Waals surface area contributed by atoms with Gasteiger partial charge in [-0.05, 0) is 55.2 Å². The van der Waals surface area contributed by atoms with Gasteiger partial charge in [0.2, 0.25) is 0 Å². The van der Waals surface area contributed by atoms with Crippen LogP contribution in [0.5, 0.6) is 11.5 Å². The van der Waals surface area contributed by atoms with Gasteiger partial charge in [0.15, 0.2) is 11.5 Å². The molecule has 0 radical (unpaired) electrons. The second kappa shape index (κ2) is 6.91. The minimum absolute atomic E-state index is 0.166. The number of hydrogen-bond donors (Lipinski definition) is 1. The highest BCUT2D eigenvalue weighted by Gasteiger charge is 2.26. The fourth-order valence-electron chi connectivity index (χ4n) is 3.08. The van der Waals surface area contributed by atoms with Crippen molar-refractivity contribution in [2.75, 3.05) is 13.7 Å². The van der Waals surface area contributed by atoms with Crippen molar-refractivity contribution < 1.29 is 18.7 Å². The van der Waals surface area contributed by atoms with Crippen molar-refractivity contribution in [3.63, 3.8) is 0 Å². The molecule has 0 saturated carbocycles. The minimum Gasteiger partial charge on any atom is -0.493 e. The second-order valence-electron chi connectivity index (χ2n) is 5.67. The van der Waals surface area contributed by atoms with E-state index in [9.17, 15) is 9.18 Å². The zero-order valence-corrected chi connectivity index (χ0v) is 13.8. The highest BCUT2D eigenvalue weighted by atomic mass is 19.1. The van der Waals surface area contributed by atoms with E-state index in [4.69, 9.17) is 9.47 Å². The molecule has 1 N–H and O–H groups in total. The van der Waals surface area contributed by atoms with Crippen molar-refractivity contribution in [1.82, 2.24) is 5.32 Å². The van der Waals surface area contributed by atoms with Crippen LogP contribution >= 0.6 is 0 Å². The molecule has 1 aliphatic carbocycles. The molecule has 1 aliphatic rings. The molecule has 0 fully saturated rings. The summed E-state index contributed by atoms with van der Waals surface area (Å²) in [6.45, 7) is 2.41. The van der Waals surface area contributed by atoms with Gasteiger partial charge in [0.05, 0.1) is 19.8 Å². The predicted molar refractivity (Wildman–Crippen MR) is 89.1 cm³/mol. The van der Waals surface area contributed by atoms with Gasteiger partial charge < -0.3 is 14.8 Å². The number of halogens is 1. The van der Waals surface area contributed by atoms with Crippen molar-refractivity contribution in [3.05, 3.63) is 58.9 Å². The summed E-state index contributed by atoms with van der Waals surface area (Å²) in [6, 6.07) is 9.92. The van der Waals surface area contributed by atoms with E-state index < -0.39 is 0 Å². The first-order chi connectivity index (χ1) is 11.6. The Bertz CT molecular complexity index is 760. The monoisotopic (exact) mass is 329 g/mol. The Labute approximate surface area is 140 Å². The molecule has 0 heterocycles. The lowest BCUT2D eigenvalue weighted by Gasteiger charge is -2.15. The Morgan fingerprint density at radius 1 is 1.29 bits per heavy atom. The van der Waals surface area contributed by atoms with Crippen molar-refractivity contribution in [3.8, 4) is 11.5 Å². The molecule has 0 aromatic heterocycles. The van der Waals surface area contributed by atoms with E-state index in [0.29, 0.717) is 42.1 Å². The van der Waals surface area contributed by atoms with Crippen molar-refractivity contribution in [2.45, 2.75) is 25.8 Å². The highest BCUT2D eigenvalue weighted by molar-refractivity contribution is 5.95. The molecule has 1 atom stereocenters. The first-order valence-electron chi connectivity index (χ1n) is 8.03. The van der Waals surface area contributed by atoms with Gasteiger partial charge in [0, 0.05) is 5.56 Å². The number of carbonyl (C=O) groups excluding carboxylic acids is 1. The Morgan fingerprint density at radius 3 is 2.88 bits per heavy atom. The Kier molecular flexibility index (Phi) is 4.69. The van der Waals surface area contributed by atoms with Crippen LogP contribution in [0.2, 0.25) is 0 Å². The van der Waals surface area contributed by atoms with Gasteiger partial charge in [-0.1, -0.05) is 12.1 Å². The summed E-state index contributed by atoms with van der Waals surface area (Å²) in [6.07, 6.45) is 1.34. The number of hydrogen-bond acceptors (Lipinski definition) is 3. The second-order valence-corrected chi connectivity index (χ2v) is 5.67. The topological polar surface area (TPSA) is 47.6 Å². The van der Waals surface area contributed by atoms with Gasteiger partial charge in [-0.25, -0.2) is 4.39 Å². The molecule has 0 saturated heterocycles. The smallest absolute Gasteiger partial charge is 0.251 e. The van der Waals surface area contributed by atoms with E-state index in [2.05, 4.69) is 5.32 Å². The van der Waals surface area contributed by atoms with Gasteiger partial charge in [-0.3, -0.25) is 4.79 Å². The molecule has 3 rings (SSSR count). The van der Waals surface area contributed by atoms with E-state index in [1.807, 2.05) is 13.0 Å². The third-order valence-corrected chi connectivity index (χ3v) is 4.24. The number of methoxy groups -OCH3 is 1. The lowest BCUT2D eigenvalue weighted by molar-refractivity contribution is 0.0936. The standard InChI is InChI=1S/C19H20FNO3/c1-3-24-17-10-7-12(11-18(17)23-2)19(22)21-16-9-8-13-14(16)5-4-6-15(13)20/h4-7,10-11,16H,3,8-9H2,1-2H3,(H,21,22). The Balaban J connectivity index is 1.78. The minimum atomic E-state index is -0.210. The van der Waals surface area contributed by atoms with Gasteiger partial charge in [-0.15, -0.1) is 0 Å². The van der Waals surface area contributed by atoms with Crippen molar-refractivity contribution >= 4 is 5.91 Å². The van der Waals surface area contributed by atoms with Crippen LogP contribution in [0, 0.1) is 5.82 Å². The zero-order chi connectivity index (χ0) is 17.1. The summed E-state index contributed by atoms with van der Waals surface area (Å²) in [7, 11) is 1.54. The molecule has 126 valence electrons. The predicted octanol–water partition coefficient (Wildman–Crippen LogP) is 3.65. The van der Waals surface area contributed by atoms with Crippen LogP contribution in [0.1, 0.15) is 40.9 Å². The molecule has 0 spiro atoms. The van der Waals surface area contributed by atoms with E-state index in [-0.39, 0.29) is 17.8 Å². The summed E-state index contributed by atoms with van der Waals surface area (Å²) in [5, 5.41) is 2.98. The molecule has 1 unspecified atom stereocenters. The maximum absolute atomic E-state index is 13.8. The van der Waals surface area contributed by atoms with Gasteiger partial charge in [-0.2, -0.15) is 0 Å². The molecule has 2 aromatic rings. The highest BCUT2D eigenvalue weighted by Crippen LogP contribution is 2.33. The van der Waals surface area contributed by atoms with Gasteiger partial charge in [0.1, 0.15) is 5.82 Å². The molecule has 2 aromatic carbocycles. The van der Waals surface area contributed by atoms with Crippen LogP contribution in [-0.4, -0.2) is 19.6 Å². The maximum atomic E-state index is 13.8. The summed E-state index contributed by atoms with van der Waals surface area (Å²) in [5.41, 5.74) is 2.05. The molecule has 24 heavy (non-hydrogen) atoms. The Morgan fingerprint density at radius 2 is 2.12 bits per heavy atom. The number of fused-ring (bicyclic) bond motifs is 1. The summed E-state index contributed by atoms with van der Waals surface area (Å²) in [4.78, 5) is 12.5. The summed E-state index contributed by atoms with van der Waals surface area (Å²) >= 11 is 0. The van der Waals surface area contributed by atoms with Crippen molar-refractivity contribution in [1.29, 1.82) is 0 Å². The summed E-state index contributed by atoms with van der Waals surface area (Å²) < 4.78 is 24.5. The molecule has 5 heteroatoms. The lowest BCUT2D eigenvalue weighted by Crippen LogP contribution is -2.27. The quantitative estimate of drug-likeness (QED) is 0.911. The zero-order valence-electron chi connectivity index (χ0n) is 13.8. The lowest BCUT2D eigenvalue weighted by atomic mass is 10.1. The largest absolute Gasteiger partial charge is 0.493 e. The van der Waals surface area contributed by atoms with Crippen LogP contribution in [0.4, 0.5) is 4.39 Å². The normalized spacial score (nSPS) is 15.7. The number of carbonyl (C=O) groups is 1. The van der Waals surface area contributed by atoms with Gasteiger partial charge >= 0.3 is 0 Å². The fraction of sp³-hybridized carbons (Fsp3) is 0.316. The molecule has 4 nitrogen and oxygen atoms in total. The molecular weight excluding hydrogens is 309 g/mol. The first kappa shape index (κ1) is 16.3. The third-order valence-electron chi connectivity index (χ3n) is 4.24. The third kappa shape index (κ3) is 3.07. The number of rotatable bonds is 5. The van der Waals surface area contributed by atoms with E-state index in [0.717, 1.165) is 5.56 Å². The van der Waals surface area contributed by atoms with E-state index in [1.165, 1.54) is 13.2 Å². The SMILES string of the molecule is CCOc1ccc(C(=O)NC2CCc3c(F)cccc32)cc1OC. The number of ether oxygens (including phenoxy) is 2. The van der Waals surface area contributed by atoms with E-state index >= 15 is 0 Å². The maximum Gasteiger partial charge on any atom is 0.251 e. The average Bonchev–Trinajstić information content (AvgIpc) is 3.00. The number of benzene rings is 2. The average molecular weight is 329 g/mol. The van der Waals surface area contributed by atoms with E-state index in [1.54, 1.807) is 24.3 Å². The first-order valence-corrected chi connectivity index (χ1v) is 8.03. The molecule has 0 aliphatic heterocycles. The van der Waals surface area contributed by atoms with Crippen LogP contribution in [0.25, 0.3) is 0 Å². The van der Waals surface area contributed by atoms with Crippen LogP contribution < -0.4 is 14.8 Å². The fourth-order valence-corrected chi connectivity index (χ4v) is 3.08. The summed E-state index contributed by atoms with van der Waals surface area (Å²) in [5.74, 6) is 0.706. The number of amides is 1. The molecule has 1 amide bonds. The van der Waals surface area contributed by atoms with Gasteiger partial charge in [0.25, 0.3) is 5.91 Å². The van der Waals surface area contributed by atoms with Crippen LogP contribution in [0.3, 0.4) is 0 Å². The number of nitrogens with one attached hydrogen (secondary N) is 1. The van der Waals surface area contributed by atoms with Crippen LogP contribution in [-0.2, 0) is 6.42 Å².